The van der Waals surface area contributed by atoms with E-state index in [0.29, 0.717) is 25.6 Å². The summed E-state index contributed by atoms with van der Waals surface area (Å²) in [5, 5.41) is 0. The number of carbonyl (C=O) groups excluding carboxylic acids is 1. The Morgan fingerprint density at radius 3 is 2.61 bits per heavy atom. The lowest BCUT2D eigenvalue weighted by molar-refractivity contribution is 0.0493. The van der Waals surface area contributed by atoms with Crippen molar-refractivity contribution in [1.82, 2.24) is 14.9 Å². The van der Waals surface area contributed by atoms with Gasteiger partial charge in [0, 0.05) is 37.4 Å². The van der Waals surface area contributed by atoms with Crippen LogP contribution in [-0.4, -0.2) is 52.7 Å². The maximum absolute atomic E-state index is 12.8. The molecule has 1 aromatic heterocycles. The van der Waals surface area contributed by atoms with Crippen LogP contribution in [0, 0.1) is 0 Å². The van der Waals surface area contributed by atoms with E-state index in [1.54, 1.807) is 0 Å². The first-order valence-electron chi connectivity index (χ1n) is 11.7. The van der Waals surface area contributed by atoms with Crippen molar-refractivity contribution >= 4 is 12.0 Å². The first kappa shape index (κ1) is 23.0. The van der Waals surface area contributed by atoms with Gasteiger partial charge in [-0.1, -0.05) is 63.4 Å². The molecule has 1 aromatic carbocycles. The molecule has 1 amide bonds. The first-order chi connectivity index (χ1) is 15.1. The molecule has 1 aliphatic heterocycles. The van der Waals surface area contributed by atoms with E-state index < -0.39 is 0 Å². The number of carbonyl (C=O) groups is 1. The second-order valence-electron chi connectivity index (χ2n) is 8.39. The Morgan fingerprint density at radius 2 is 1.90 bits per heavy atom. The summed E-state index contributed by atoms with van der Waals surface area (Å²) >= 11 is 0. The molecule has 3 rings (SSSR count). The fourth-order valence-corrected chi connectivity index (χ4v) is 4.10. The third kappa shape index (κ3) is 6.42. The monoisotopic (exact) mass is 424 g/mol. The summed E-state index contributed by atoms with van der Waals surface area (Å²) in [6.07, 6.45) is 8.08. The fourth-order valence-electron chi connectivity index (χ4n) is 4.10. The normalized spacial score (nSPS) is 17.5. The zero-order valence-electron chi connectivity index (χ0n) is 19.2. The lowest BCUT2D eigenvalue weighted by atomic mass is 10.1. The lowest BCUT2D eigenvalue weighted by Gasteiger charge is -2.39. The van der Waals surface area contributed by atoms with Gasteiger partial charge in [-0.3, -0.25) is 0 Å². The highest BCUT2D eigenvalue weighted by Crippen LogP contribution is 2.22. The largest absolute Gasteiger partial charge is 0.446 e. The van der Waals surface area contributed by atoms with Crippen molar-refractivity contribution in [2.24, 2.45) is 0 Å². The highest BCUT2D eigenvalue weighted by atomic mass is 16.6. The molecule has 2 unspecified atom stereocenters. The van der Waals surface area contributed by atoms with E-state index in [1.807, 2.05) is 35.4 Å². The number of hydrogen-bond acceptors (Lipinski definition) is 5. The number of piperazine rings is 1. The summed E-state index contributed by atoms with van der Waals surface area (Å²) in [6, 6.07) is 12.2. The molecule has 0 aliphatic carbocycles. The summed E-state index contributed by atoms with van der Waals surface area (Å²) in [5.74, 6) is 0.713. The summed E-state index contributed by atoms with van der Waals surface area (Å²) < 4.78 is 5.88. The third-order valence-corrected chi connectivity index (χ3v) is 5.86. The van der Waals surface area contributed by atoms with E-state index in [2.05, 4.69) is 42.8 Å². The SMILES string of the molecule is CCCCCC(CCC)OC(=O)N1CCN(c2nccc(-c3ccccc3)n2)C(C)C1. The summed E-state index contributed by atoms with van der Waals surface area (Å²) in [6.45, 7) is 8.39. The van der Waals surface area contributed by atoms with E-state index >= 15 is 0 Å². The average molecular weight is 425 g/mol. The van der Waals surface area contributed by atoms with Crippen molar-refractivity contribution in [3.05, 3.63) is 42.6 Å². The van der Waals surface area contributed by atoms with E-state index in [0.717, 1.165) is 36.9 Å². The van der Waals surface area contributed by atoms with Crippen molar-refractivity contribution in [2.45, 2.75) is 71.4 Å². The third-order valence-electron chi connectivity index (χ3n) is 5.86. The van der Waals surface area contributed by atoms with Crippen molar-refractivity contribution in [3.8, 4) is 11.3 Å². The molecule has 6 nitrogen and oxygen atoms in total. The van der Waals surface area contributed by atoms with Crippen LogP contribution in [0.2, 0.25) is 0 Å². The highest BCUT2D eigenvalue weighted by molar-refractivity contribution is 5.68. The summed E-state index contributed by atoms with van der Waals surface area (Å²) in [5.41, 5.74) is 1.99. The number of ether oxygens (including phenoxy) is 1. The molecular formula is C25H36N4O2. The van der Waals surface area contributed by atoms with Gasteiger partial charge >= 0.3 is 6.09 Å². The molecule has 2 aromatic rings. The molecule has 0 saturated carbocycles. The lowest BCUT2D eigenvalue weighted by Crippen LogP contribution is -2.54. The van der Waals surface area contributed by atoms with Gasteiger partial charge in [0.1, 0.15) is 6.10 Å². The maximum Gasteiger partial charge on any atom is 0.410 e. The topological polar surface area (TPSA) is 58.6 Å². The van der Waals surface area contributed by atoms with Gasteiger partial charge in [-0.05, 0) is 32.3 Å². The van der Waals surface area contributed by atoms with Gasteiger partial charge in [-0.2, -0.15) is 0 Å². The van der Waals surface area contributed by atoms with Crippen LogP contribution in [-0.2, 0) is 4.74 Å². The molecule has 1 aliphatic rings. The van der Waals surface area contributed by atoms with Gasteiger partial charge in [-0.15, -0.1) is 0 Å². The van der Waals surface area contributed by atoms with Crippen LogP contribution in [0.25, 0.3) is 11.3 Å². The molecule has 0 N–H and O–H groups in total. The van der Waals surface area contributed by atoms with Crippen molar-refractivity contribution < 1.29 is 9.53 Å². The highest BCUT2D eigenvalue weighted by Gasteiger charge is 2.30. The molecule has 0 bridgehead atoms. The van der Waals surface area contributed by atoms with Crippen molar-refractivity contribution in [2.75, 3.05) is 24.5 Å². The van der Waals surface area contributed by atoms with Crippen LogP contribution in [0.15, 0.2) is 42.6 Å². The Hall–Kier alpha value is -2.63. The molecule has 1 fully saturated rings. The van der Waals surface area contributed by atoms with E-state index in [9.17, 15) is 4.79 Å². The van der Waals surface area contributed by atoms with Crippen LogP contribution in [0.3, 0.4) is 0 Å². The van der Waals surface area contributed by atoms with Crippen LogP contribution >= 0.6 is 0 Å². The second kappa shape index (κ2) is 11.7. The van der Waals surface area contributed by atoms with Crippen LogP contribution in [0.1, 0.15) is 59.3 Å². The predicted octanol–water partition coefficient (Wildman–Crippen LogP) is 5.54. The van der Waals surface area contributed by atoms with E-state index in [4.69, 9.17) is 9.72 Å². The van der Waals surface area contributed by atoms with Gasteiger partial charge in [0.05, 0.1) is 5.69 Å². The summed E-state index contributed by atoms with van der Waals surface area (Å²) in [4.78, 5) is 26.1. The van der Waals surface area contributed by atoms with E-state index in [-0.39, 0.29) is 18.2 Å². The molecule has 0 radical (unpaired) electrons. The Morgan fingerprint density at radius 1 is 1.10 bits per heavy atom. The number of nitrogens with zero attached hydrogens (tertiary/aromatic N) is 4. The molecule has 31 heavy (non-hydrogen) atoms. The zero-order chi connectivity index (χ0) is 22.1. The Bertz CT molecular complexity index is 814. The second-order valence-corrected chi connectivity index (χ2v) is 8.39. The number of hydrogen-bond donors (Lipinski definition) is 0. The minimum Gasteiger partial charge on any atom is -0.446 e. The zero-order valence-corrected chi connectivity index (χ0v) is 19.2. The van der Waals surface area contributed by atoms with E-state index in [1.165, 1.54) is 12.8 Å². The number of unbranched alkanes of at least 4 members (excludes halogenated alkanes) is 2. The number of aromatic nitrogens is 2. The Kier molecular flexibility index (Phi) is 8.68. The fraction of sp³-hybridized carbons (Fsp3) is 0.560. The average Bonchev–Trinajstić information content (AvgIpc) is 2.80. The van der Waals surface area contributed by atoms with Crippen LogP contribution in [0.5, 0.6) is 0 Å². The Labute approximate surface area is 186 Å². The van der Waals surface area contributed by atoms with Gasteiger partial charge in [-0.25, -0.2) is 14.8 Å². The minimum absolute atomic E-state index is 0.0308. The van der Waals surface area contributed by atoms with Gasteiger partial charge in [0.25, 0.3) is 0 Å². The molecule has 2 heterocycles. The predicted molar refractivity (Wildman–Crippen MR) is 125 cm³/mol. The van der Waals surface area contributed by atoms with Crippen molar-refractivity contribution in [1.29, 1.82) is 0 Å². The molecule has 0 spiro atoms. The minimum atomic E-state index is -0.180. The number of benzene rings is 1. The number of amides is 1. The molecular weight excluding hydrogens is 388 g/mol. The van der Waals surface area contributed by atoms with Crippen LogP contribution < -0.4 is 4.90 Å². The summed E-state index contributed by atoms with van der Waals surface area (Å²) in [7, 11) is 0. The van der Waals surface area contributed by atoms with Crippen LogP contribution in [0.4, 0.5) is 10.7 Å². The molecule has 6 heteroatoms. The van der Waals surface area contributed by atoms with Crippen molar-refractivity contribution in [3.63, 3.8) is 0 Å². The maximum atomic E-state index is 12.8. The number of rotatable bonds is 9. The molecule has 168 valence electrons. The van der Waals surface area contributed by atoms with Gasteiger partial charge in [0.2, 0.25) is 5.95 Å². The van der Waals surface area contributed by atoms with Gasteiger partial charge in [0.15, 0.2) is 0 Å². The standard InChI is InChI=1S/C25H36N4O2/c1-4-6-8-14-22(11-5-2)31-25(30)28-17-18-29(20(3)19-28)24-26-16-15-23(27-24)21-12-9-7-10-13-21/h7,9-10,12-13,15-16,20,22H,4-6,8,11,14,17-19H2,1-3H3. The molecule has 1 saturated heterocycles. The van der Waals surface area contributed by atoms with Gasteiger partial charge < -0.3 is 14.5 Å². The quantitative estimate of drug-likeness (QED) is 0.495. The first-order valence-corrected chi connectivity index (χ1v) is 11.7. The molecule has 2 atom stereocenters. The number of anilines is 1. The smallest absolute Gasteiger partial charge is 0.410 e. The Balaban J connectivity index is 1.59.